The molecule has 0 amide bonds. The van der Waals surface area contributed by atoms with Crippen LogP contribution in [0.1, 0.15) is 12.8 Å². The van der Waals surface area contributed by atoms with Crippen LogP contribution in [-0.4, -0.2) is 46.4 Å². The molecular formula is C17H21N7O. The largest absolute Gasteiger partial charge is 0.481 e. The number of nitrogen functional groups attached to an aromatic ring is 1. The van der Waals surface area contributed by atoms with E-state index in [0.717, 1.165) is 48.3 Å². The second-order valence-corrected chi connectivity index (χ2v) is 6.23. The van der Waals surface area contributed by atoms with Crippen LogP contribution >= 0.6 is 0 Å². The zero-order valence-electron chi connectivity index (χ0n) is 14.1. The Morgan fingerprint density at radius 3 is 3.12 bits per heavy atom. The molecule has 1 aromatic carbocycles. The lowest BCUT2D eigenvalue weighted by Crippen LogP contribution is -2.42. The number of nitrogens with zero attached hydrogens (tertiary/aromatic N) is 4. The maximum Gasteiger partial charge on any atom is 0.225 e. The Balaban J connectivity index is 1.49. The number of fused-ring (bicyclic) bond motifs is 1. The molecule has 8 nitrogen and oxygen atoms in total. The van der Waals surface area contributed by atoms with Gasteiger partial charge in [0.25, 0.3) is 0 Å². The Morgan fingerprint density at radius 2 is 2.24 bits per heavy atom. The zero-order chi connectivity index (χ0) is 17.2. The van der Waals surface area contributed by atoms with Gasteiger partial charge in [0.05, 0.1) is 18.8 Å². The molecule has 1 unspecified atom stereocenters. The third kappa shape index (κ3) is 3.28. The summed E-state index contributed by atoms with van der Waals surface area (Å²) in [5, 5.41) is 11.8. The average Bonchev–Trinajstić information content (AvgIpc) is 3.09. The molecule has 0 radical (unpaired) electrons. The maximum atomic E-state index is 5.79. The lowest BCUT2D eigenvalue weighted by atomic mass is 10.1. The molecule has 3 heterocycles. The Hall–Kier alpha value is -3.03. The number of piperidine rings is 1. The zero-order valence-corrected chi connectivity index (χ0v) is 14.1. The summed E-state index contributed by atoms with van der Waals surface area (Å²) in [6, 6.07) is 8.40. The Kier molecular flexibility index (Phi) is 4.01. The van der Waals surface area contributed by atoms with E-state index in [4.69, 9.17) is 10.5 Å². The van der Waals surface area contributed by atoms with E-state index in [-0.39, 0.29) is 5.95 Å². The number of H-pyrrole nitrogens is 1. The summed E-state index contributed by atoms with van der Waals surface area (Å²) in [7, 11) is 1.58. The lowest BCUT2D eigenvalue weighted by Gasteiger charge is -2.34. The number of aromatic nitrogens is 4. The molecule has 25 heavy (non-hydrogen) atoms. The van der Waals surface area contributed by atoms with Crippen molar-refractivity contribution in [1.82, 2.24) is 20.2 Å². The predicted molar refractivity (Wildman–Crippen MR) is 97.9 cm³/mol. The monoisotopic (exact) mass is 339 g/mol. The van der Waals surface area contributed by atoms with E-state index in [0.29, 0.717) is 11.9 Å². The first kappa shape index (κ1) is 15.5. The van der Waals surface area contributed by atoms with Gasteiger partial charge in [-0.3, -0.25) is 5.10 Å². The topological polar surface area (TPSA) is 105 Å². The molecule has 1 aliphatic rings. The van der Waals surface area contributed by atoms with Crippen LogP contribution in [0.2, 0.25) is 0 Å². The highest BCUT2D eigenvalue weighted by atomic mass is 16.5. The van der Waals surface area contributed by atoms with E-state index in [1.54, 1.807) is 7.11 Å². The third-order valence-corrected chi connectivity index (χ3v) is 4.47. The summed E-state index contributed by atoms with van der Waals surface area (Å²) < 4.78 is 5.20. The van der Waals surface area contributed by atoms with Crippen molar-refractivity contribution < 1.29 is 4.74 Å². The van der Waals surface area contributed by atoms with E-state index in [2.05, 4.69) is 42.5 Å². The van der Waals surface area contributed by atoms with Crippen molar-refractivity contribution >= 4 is 28.4 Å². The van der Waals surface area contributed by atoms with Crippen molar-refractivity contribution in [3.63, 3.8) is 0 Å². The number of nitrogens with one attached hydrogen (secondary N) is 2. The van der Waals surface area contributed by atoms with Crippen LogP contribution in [0.3, 0.4) is 0 Å². The molecule has 4 N–H and O–H groups in total. The van der Waals surface area contributed by atoms with E-state index in [9.17, 15) is 0 Å². The van der Waals surface area contributed by atoms with Crippen molar-refractivity contribution in [3.8, 4) is 5.88 Å². The molecule has 8 heteroatoms. The average molecular weight is 339 g/mol. The summed E-state index contributed by atoms with van der Waals surface area (Å²) in [4.78, 5) is 10.6. The number of methoxy groups -OCH3 is 1. The minimum Gasteiger partial charge on any atom is -0.481 e. The van der Waals surface area contributed by atoms with Gasteiger partial charge < -0.3 is 20.7 Å². The minimum absolute atomic E-state index is 0.231. The van der Waals surface area contributed by atoms with Crippen molar-refractivity contribution in [3.05, 3.63) is 30.5 Å². The summed E-state index contributed by atoms with van der Waals surface area (Å²) in [6.45, 7) is 1.79. The molecule has 1 fully saturated rings. The predicted octanol–water partition coefficient (Wildman–Crippen LogP) is 2.02. The van der Waals surface area contributed by atoms with Crippen LogP contribution in [0.15, 0.2) is 30.5 Å². The Labute approximate surface area is 145 Å². The molecule has 0 spiro atoms. The number of hydrogen-bond acceptors (Lipinski definition) is 7. The summed E-state index contributed by atoms with van der Waals surface area (Å²) in [5.41, 5.74) is 7.93. The standard InChI is InChI=1S/C17H21N7O/c1-25-16-8-15(21-17(18)22-16)24-6-2-3-13(10-24)20-12-4-5-14-11(7-12)9-19-23-14/h4-5,7-9,13,20H,2-3,6,10H2,1H3,(H,19,23)(H2,18,21,22). The summed E-state index contributed by atoms with van der Waals surface area (Å²) >= 11 is 0. The molecule has 1 saturated heterocycles. The van der Waals surface area contributed by atoms with Crippen molar-refractivity contribution in [2.45, 2.75) is 18.9 Å². The summed E-state index contributed by atoms with van der Waals surface area (Å²) in [5.74, 6) is 1.53. The fraction of sp³-hybridized carbons (Fsp3) is 0.353. The van der Waals surface area contributed by atoms with Gasteiger partial charge in [-0.25, -0.2) is 0 Å². The van der Waals surface area contributed by atoms with E-state index in [1.807, 2.05) is 18.3 Å². The molecule has 2 aromatic heterocycles. The molecule has 0 saturated carbocycles. The van der Waals surface area contributed by atoms with Crippen molar-refractivity contribution in [2.75, 3.05) is 36.1 Å². The number of rotatable bonds is 4. The normalized spacial score (nSPS) is 17.6. The number of benzene rings is 1. The molecule has 1 atom stereocenters. The fourth-order valence-corrected chi connectivity index (χ4v) is 3.27. The first-order valence-corrected chi connectivity index (χ1v) is 8.34. The number of anilines is 3. The number of aromatic amines is 1. The molecular weight excluding hydrogens is 318 g/mol. The smallest absolute Gasteiger partial charge is 0.225 e. The second kappa shape index (κ2) is 6.46. The van der Waals surface area contributed by atoms with Gasteiger partial charge in [0, 0.05) is 36.3 Å². The van der Waals surface area contributed by atoms with Crippen LogP contribution in [0.4, 0.5) is 17.5 Å². The molecule has 0 bridgehead atoms. The minimum atomic E-state index is 0.231. The highest BCUT2D eigenvalue weighted by Gasteiger charge is 2.22. The molecule has 0 aliphatic carbocycles. The Morgan fingerprint density at radius 1 is 1.32 bits per heavy atom. The van der Waals surface area contributed by atoms with Gasteiger partial charge >= 0.3 is 0 Å². The number of hydrogen-bond donors (Lipinski definition) is 3. The lowest BCUT2D eigenvalue weighted by molar-refractivity contribution is 0.397. The van der Waals surface area contributed by atoms with Crippen LogP contribution in [0.25, 0.3) is 10.9 Å². The number of ether oxygens (including phenoxy) is 1. The van der Waals surface area contributed by atoms with Gasteiger partial charge in [-0.15, -0.1) is 0 Å². The van der Waals surface area contributed by atoms with Crippen molar-refractivity contribution in [2.24, 2.45) is 0 Å². The van der Waals surface area contributed by atoms with E-state index < -0.39 is 0 Å². The van der Waals surface area contributed by atoms with E-state index >= 15 is 0 Å². The number of nitrogens with two attached hydrogens (primary N) is 1. The van der Waals surface area contributed by atoms with Gasteiger partial charge in [0.15, 0.2) is 0 Å². The maximum absolute atomic E-state index is 5.79. The van der Waals surface area contributed by atoms with Gasteiger partial charge in [-0.05, 0) is 31.0 Å². The van der Waals surface area contributed by atoms with Crippen molar-refractivity contribution in [1.29, 1.82) is 0 Å². The van der Waals surface area contributed by atoms with Crippen LogP contribution < -0.4 is 20.7 Å². The second-order valence-electron chi connectivity index (χ2n) is 6.23. The first-order chi connectivity index (χ1) is 12.2. The Bertz CT molecular complexity index is 878. The van der Waals surface area contributed by atoms with E-state index in [1.165, 1.54) is 0 Å². The fourth-order valence-electron chi connectivity index (χ4n) is 3.27. The molecule has 3 aromatic rings. The van der Waals surface area contributed by atoms with Gasteiger partial charge in [-0.1, -0.05) is 0 Å². The third-order valence-electron chi connectivity index (χ3n) is 4.47. The molecule has 4 rings (SSSR count). The van der Waals surface area contributed by atoms with Gasteiger partial charge in [0.1, 0.15) is 5.82 Å². The van der Waals surface area contributed by atoms with Gasteiger partial charge in [0.2, 0.25) is 11.8 Å². The molecule has 130 valence electrons. The van der Waals surface area contributed by atoms with Crippen LogP contribution in [-0.2, 0) is 0 Å². The molecule has 1 aliphatic heterocycles. The first-order valence-electron chi connectivity index (χ1n) is 8.34. The SMILES string of the molecule is COc1cc(N2CCCC(Nc3ccc4[nH]ncc4c3)C2)nc(N)n1. The van der Waals surface area contributed by atoms with Gasteiger partial charge in [-0.2, -0.15) is 15.1 Å². The van der Waals surface area contributed by atoms with Crippen LogP contribution in [0.5, 0.6) is 5.88 Å². The highest BCUT2D eigenvalue weighted by molar-refractivity contribution is 5.81. The highest BCUT2D eigenvalue weighted by Crippen LogP contribution is 2.24. The summed E-state index contributed by atoms with van der Waals surface area (Å²) in [6.07, 6.45) is 4.03. The quantitative estimate of drug-likeness (QED) is 0.668. The van der Waals surface area contributed by atoms with Crippen LogP contribution in [0, 0.1) is 0 Å².